The van der Waals surface area contributed by atoms with Gasteiger partial charge in [0, 0.05) is 0 Å². The van der Waals surface area contributed by atoms with Gasteiger partial charge in [-0.15, -0.1) is 0 Å². The Kier molecular flexibility index (Phi) is 7.89. The number of carbonyl (C=O) groups excluding carboxylic acids is 1. The molecule has 0 saturated carbocycles. The molecular formula is C12H22O11. The van der Waals surface area contributed by atoms with Crippen molar-refractivity contribution in [1.29, 1.82) is 0 Å². The summed E-state index contributed by atoms with van der Waals surface area (Å²) in [5.74, 6) is -1.12. The molecule has 11 nitrogen and oxygen atoms in total. The van der Waals surface area contributed by atoms with E-state index in [9.17, 15) is 30.3 Å². The molecule has 0 aromatic heterocycles. The summed E-state index contributed by atoms with van der Waals surface area (Å²) in [5.41, 5.74) is 0. The zero-order chi connectivity index (χ0) is 17.7. The smallest absolute Gasteiger partial charge is 0.189 e. The number of aliphatic hydroxyl groups excluding tert-OH is 8. The standard InChI is InChI=1S/C12H22O11/c13-1-4(16)7(18)11(5(17)2-14)23-12-10(21)9(20)8(19)6(3-15)22-12/h5-15,17-21H,1-3H2/t5-,6+,7-,8+,9-,10+,11-,12+/m1/s1. The average Bonchev–Trinajstić information content (AvgIpc) is 2.57. The van der Waals surface area contributed by atoms with Crippen LogP contribution in [-0.2, 0) is 14.3 Å². The molecule has 1 heterocycles. The first-order valence-electron chi connectivity index (χ1n) is 6.85. The summed E-state index contributed by atoms with van der Waals surface area (Å²) in [5, 5.41) is 75.1. The number of ether oxygens (including phenoxy) is 2. The van der Waals surface area contributed by atoms with Crippen molar-refractivity contribution in [3.05, 3.63) is 0 Å². The highest BCUT2D eigenvalue weighted by Crippen LogP contribution is 2.24. The van der Waals surface area contributed by atoms with E-state index in [1.165, 1.54) is 0 Å². The number of hydrogen-bond donors (Lipinski definition) is 8. The number of ketones is 1. The van der Waals surface area contributed by atoms with Crippen molar-refractivity contribution < 1.29 is 55.1 Å². The Labute approximate surface area is 130 Å². The molecule has 23 heavy (non-hydrogen) atoms. The molecule has 0 radical (unpaired) electrons. The Balaban J connectivity index is 2.91. The zero-order valence-electron chi connectivity index (χ0n) is 12.0. The van der Waals surface area contributed by atoms with Crippen molar-refractivity contribution >= 4 is 5.78 Å². The second-order valence-corrected chi connectivity index (χ2v) is 5.12. The van der Waals surface area contributed by atoms with Gasteiger partial charge < -0.3 is 50.3 Å². The maximum Gasteiger partial charge on any atom is 0.189 e. The normalized spacial score (nSPS) is 35.6. The van der Waals surface area contributed by atoms with Gasteiger partial charge in [-0.2, -0.15) is 0 Å². The summed E-state index contributed by atoms with van der Waals surface area (Å²) in [6.45, 7) is -2.71. The number of rotatable bonds is 8. The molecule has 0 amide bonds. The third kappa shape index (κ3) is 4.64. The molecule has 1 aliphatic heterocycles. The summed E-state index contributed by atoms with van der Waals surface area (Å²) in [7, 11) is 0. The van der Waals surface area contributed by atoms with E-state index < -0.39 is 74.6 Å². The monoisotopic (exact) mass is 342 g/mol. The van der Waals surface area contributed by atoms with Crippen molar-refractivity contribution in [3.63, 3.8) is 0 Å². The third-order valence-electron chi connectivity index (χ3n) is 3.50. The minimum Gasteiger partial charge on any atom is -0.394 e. The third-order valence-corrected chi connectivity index (χ3v) is 3.50. The van der Waals surface area contributed by atoms with E-state index in [0.29, 0.717) is 0 Å². The second kappa shape index (κ2) is 8.94. The number of aliphatic hydroxyl groups is 8. The molecule has 0 unspecified atom stereocenters. The maximum atomic E-state index is 11.3. The zero-order valence-corrected chi connectivity index (χ0v) is 12.0. The molecule has 1 fully saturated rings. The molecule has 1 aliphatic rings. The van der Waals surface area contributed by atoms with Crippen molar-refractivity contribution in [2.75, 3.05) is 19.8 Å². The quantitative estimate of drug-likeness (QED) is 0.209. The van der Waals surface area contributed by atoms with Gasteiger partial charge in [-0.25, -0.2) is 0 Å². The number of hydrogen-bond acceptors (Lipinski definition) is 11. The van der Waals surface area contributed by atoms with Gasteiger partial charge in [0.05, 0.1) is 13.2 Å². The Morgan fingerprint density at radius 2 is 1.65 bits per heavy atom. The van der Waals surface area contributed by atoms with Crippen LogP contribution in [0.1, 0.15) is 0 Å². The van der Waals surface area contributed by atoms with Gasteiger partial charge in [-0.3, -0.25) is 4.79 Å². The van der Waals surface area contributed by atoms with Crippen molar-refractivity contribution in [1.82, 2.24) is 0 Å². The molecule has 8 atom stereocenters. The van der Waals surface area contributed by atoms with Gasteiger partial charge in [0.15, 0.2) is 12.1 Å². The molecule has 11 heteroatoms. The molecule has 1 saturated heterocycles. The lowest BCUT2D eigenvalue weighted by Crippen LogP contribution is -2.61. The van der Waals surface area contributed by atoms with E-state index in [-0.39, 0.29) is 0 Å². The molecule has 0 aromatic carbocycles. The van der Waals surface area contributed by atoms with E-state index in [1.807, 2.05) is 0 Å². The van der Waals surface area contributed by atoms with Crippen molar-refractivity contribution in [2.45, 2.75) is 49.0 Å². The summed E-state index contributed by atoms with van der Waals surface area (Å²) in [4.78, 5) is 11.3. The fourth-order valence-electron chi connectivity index (χ4n) is 2.09. The lowest BCUT2D eigenvalue weighted by atomic mass is 9.98. The van der Waals surface area contributed by atoms with Crippen molar-refractivity contribution in [3.8, 4) is 0 Å². The minimum absolute atomic E-state index is 0.726. The minimum atomic E-state index is -2.05. The molecule has 0 bridgehead atoms. The Hall–Kier alpha value is -0.730. The highest BCUT2D eigenvalue weighted by Gasteiger charge is 2.46. The van der Waals surface area contributed by atoms with Crippen LogP contribution in [0.3, 0.4) is 0 Å². The predicted molar refractivity (Wildman–Crippen MR) is 69.8 cm³/mol. The van der Waals surface area contributed by atoms with Crippen LogP contribution in [0, 0.1) is 0 Å². The average molecular weight is 342 g/mol. The summed E-state index contributed by atoms with van der Waals surface area (Å²) >= 11 is 0. The largest absolute Gasteiger partial charge is 0.394 e. The fourth-order valence-corrected chi connectivity index (χ4v) is 2.09. The van der Waals surface area contributed by atoms with E-state index in [4.69, 9.17) is 24.8 Å². The second-order valence-electron chi connectivity index (χ2n) is 5.12. The summed E-state index contributed by atoms with van der Waals surface area (Å²) in [6.07, 6.45) is -13.8. The Bertz CT molecular complexity index is 376. The van der Waals surface area contributed by atoms with Crippen LogP contribution in [0.25, 0.3) is 0 Å². The van der Waals surface area contributed by atoms with Crippen molar-refractivity contribution in [2.24, 2.45) is 0 Å². The van der Waals surface area contributed by atoms with Gasteiger partial charge in [0.1, 0.15) is 49.3 Å². The van der Waals surface area contributed by atoms with Crippen LogP contribution in [0.15, 0.2) is 0 Å². The van der Waals surface area contributed by atoms with Gasteiger partial charge >= 0.3 is 0 Å². The molecule has 1 rings (SSSR count). The summed E-state index contributed by atoms with van der Waals surface area (Å²) < 4.78 is 10.1. The van der Waals surface area contributed by atoms with Crippen LogP contribution in [0.4, 0.5) is 0 Å². The van der Waals surface area contributed by atoms with Crippen LogP contribution in [0.2, 0.25) is 0 Å². The SMILES string of the molecule is O=C(CO)[C@@H](O)[C@H](O[C@@H]1O[C@@H](CO)[C@H](O)[C@@H](O)[C@@H]1O)[C@H](O)CO. The molecule has 0 spiro atoms. The predicted octanol–water partition coefficient (Wildman–Crippen LogP) is -5.55. The van der Waals surface area contributed by atoms with Crippen LogP contribution in [-0.4, -0.2) is 115 Å². The topological polar surface area (TPSA) is 197 Å². The Morgan fingerprint density at radius 1 is 1.04 bits per heavy atom. The molecule has 8 N–H and O–H groups in total. The van der Waals surface area contributed by atoms with Gasteiger partial charge in [0.2, 0.25) is 0 Å². The van der Waals surface area contributed by atoms with Crippen LogP contribution >= 0.6 is 0 Å². The molecule has 0 aromatic rings. The summed E-state index contributed by atoms with van der Waals surface area (Å²) in [6, 6.07) is 0. The molecule has 136 valence electrons. The molecular weight excluding hydrogens is 320 g/mol. The Morgan fingerprint density at radius 3 is 2.13 bits per heavy atom. The maximum absolute atomic E-state index is 11.3. The number of carbonyl (C=O) groups is 1. The first-order valence-corrected chi connectivity index (χ1v) is 6.85. The van der Waals surface area contributed by atoms with E-state index in [1.54, 1.807) is 0 Å². The molecule has 0 aliphatic carbocycles. The van der Waals surface area contributed by atoms with Crippen LogP contribution in [0.5, 0.6) is 0 Å². The van der Waals surface area contributed by atoms with E-state index >= 15 is 0 Å². The van der Waals surface area contributed by atoms with E-state index in [0.717, 1.165) is 0 Å². The van der Waals surface area contributed by atoms with Gasteiger partial charge in [-0.05, 0) is 0 Å². The first kappa shape index (κ1) is 20.3. The highest BCUT2D eigenvalue weighted by atomic mass is 16.7. The number of Topliss-reactive ketones (excluding diaryl/α,β-unsaturated/α-hetero) is 1. The van der Waals surface area contributed by atoms with Gasteiger partial charge in [0.25, 0.3) is 0 Å². The lowest BCUT2D eigenvalue weighted by Gasteiger charge is -2.41. The highest BCUT2D eigenvalue weighted by molar-refractivity contribution is 5.84. The fraction of sp³-hybridized carbons (Fsp3) is 0.917. The van der Waals surface area contributed by atoms with Gasteiger partial charge in [-0.1, -0.05) is 0 Å². The van der Waals surface area contributed by atoms with E-state index in [2.05, 4.69) is 0 Å². The lowest BCUT2D eigenvalue weighted by molar-refractivity contribution is -0.323. The first-order chi connectivity index (χ1) is 10.8. The van der Waals surface area contributed by atoms with Crippen LogP contribution < -0.4 is 0 Å².